The number of nitrogens with zero attached hydrogens (tertiary/aromatic N) is 1. The van der Waals surface area contributed by atoms with Crippen LogP contribution in [0, 0.1) is 0 Å². The molecular weight excluding hydrogens is 224 g/mol. The molecule has 2 unspecified atom stereocenters. The molecule has 2 N–H and O–H groups in total. The molecule has 0 aromatic carbocycles. The van der Waals surface area contributed by atoms with E-state index in [1.54, 1.807) is 0 Å². The van der Waals surface area contributed by atoms with Gasteiger partial charge in [0.1, 0.15) is 0 Å². The number of hydrogen-bond donors (Lipinski definition) is 2. The van der Waals surface area contributed by atoms with E-state index in [1.165, 1.54) is 38.5 Å². The summed E-state index contributed by atoms with van der Waals surface area (Å²) >= 11 is 0. The number of piperidine rings is 1. The van der Waals surface area contributed by atoms with Gasteiger partial charge in [-0.3, -0.25) is 0 Å². The highest BCUT2D eigenvalue weighted by molar-refractivity contribution is 4.97. The SMILES string of the molecule is CC1CC(CO)(NC2CCCCCC2)CCN1C. The standard InChI is InChI=1S/C15H30N2O/c1-13-11-15(12-18,9-10-17(13)2)16-14-7-5-3-4-6-8-14/h13-14,16,18H,3-12H2,1-2H3. The third kappa shape index (κ3) is 3.46. The van der Waals surface area contributed by atoms with Crippen molar-refractivity contribution in [2.24, 2.45) is 0 Å². The summed E-state index contributed by atoms with van der Waals surface area (Å²) < 4.78 is 0. The monoisotopic (exact) mass is 254 g/mol. The predicted molar refractivity (Wildman–Crippen MR) is 75.8 cm³/mol. The lowest BCUT2D eigenvalue weighted by atomic mass is 9.83. The minimum atomic E-state index is -0.0130. The Morgan fingerprint density at radius 1 is 1.22 bits per heavy atom. The first kappa shape index (κ1) is 14.3. The minimum Gasteiger partial charge on any atom is -0.394 e. The summed E-state index contributed by atoms with van der Waals surface area (Å²) in [6.45, 7) is 3.67. The minimum absolute atomic E-state index is 0.0130. The van der Waals surface area contributed by atoms with Crippen molar-refractivity contribution in [2.45, 2.75) is 75.9 Å². The molecule has 1 saturated carbocycles. The lowest BCUT2D eigenvalue weighted by Crippen LogP contribution is -2.60. The second-order valence-electron chi connectivity index (χ2n) is 6.56. The number of nitrogens with one attached hydrogen (secondary N) is 1. The van der Waals surface area contributed by atoms with Gasteiger partial charge in [-0.2, -0.15) is 0 Å². The van der Waals surface area contributed by atoms with Crippen LogP contribution in [0.5, 0.6) is 0 Å². The molecule has 106 valence electrons. The molecule has 2 rings (SSSR count). The summed E-state index contributed by atoms with van der Waals surface area (Å²) in [6, 6.07) is 1.21. The Labute approximate surface area is 112 Å². The highest BCUT2D eigenvalue weighted by Crippen LogP contribution is 2.28. The first-order valence-corrected chi connectivity index (χ1v) is 7.74. The molecule has 2 fully saturated rings. The number of hydrogen-bond acceptors (Lipinski definition) is 3. The van der Waals surface area contributed by atoms with Gasteiger partial charge in [-0.05, 0) is 46.2 Å². The van der Waals surface area contributed by atoms with Crippen LogP contribution in [0.25, 0.3) is 0 Å². The lowest BCUT2D eigenvalue weighted by molar-refractivity contribution is 0.0493. The summed E-state index contributed by atoms with van der Waals surface area (Å²) in [5.74, 6) is 0. The molecule has 2 atom stereocenters. The van der Waals surface area contributed by atoms with Crippen LogP contribution in [0.1, 0.15) is 58.3 Å². The lowest BCUT2D eigenvalue weighted by Gasteiger charge is -2.45. The summed E-state index contributed by atoms with van der Waals surface area (Å²) in [6.07, 6.45) is 10.3. The van der Waals surface area contributed by atoms with E-state index in [0.29, 0.717) is 18.7 Å². The third-order valence-corrected chi connectivity index (χ3v) is 5.05. The predicted octanol–water partition coefficient (Wildman–Crippen LogP) is 2.14. The fraction of sp³-hybridized carbons (Fsp3) is 1.00. The Balaban J connectivity index is 1.94. The van der Waals surface area contributed by atoms with Crippen molar-refractivity contribution < 1.29 is 5.11 Å². The van der Waals surface area contributed by atoms with Crippen LogP contribution in [-0.2, 0) is 0 Å². The molecule has 0 bridgehead atoms. The molecule has 1 aliphatic carbocycles. The Morgan fingerprint density at radius 2 is 1.89 bits per heavy atom. The maximum absolute atomic E-state index is 9.87. The van der Waals surface area contributed by atoms with E-state index < -0.39 is 0 Å². The highest BCUT2D eigenvalue weighted by atomic mass is 16.3. The molecule has 0 aromatic rings. The molecule has 3 heteroatoms. The number of likely N-dealkylation sites (tertiary alicyclic amines) is 1. The van der Waals surface area contributed by atoms with Crippen molar-refractivity contribution >= 4 is 0 Å². The molecule has 18 heavy (non-hydrogen) atoms. The van der Waals surface area contributed by atoms with Gasteiger partial charge in [0.25, 0.3) is 0 Å². The topological polar surface area (TPSA) is 35.5 Å². The molecule has 2 aliphatic rings. The maximum atomic E-state index is 9.87. The fourth-order valence-corrected chi connectivity index (χ4v) is 3.61. The van der Waals surface area contributed by atoms with E-state index in [9.17, 15) is 5.11 Å². The van der Waals surface area contributed by atoms with E-state index in [1.807, 2.05) is 0 Å². The van der Waals surface area contributed by atoms with Crippen LogP contribution >= 0.6 is 0 Å². The number of aliphatic hydroxyl groups excluding tert-OH is 1. The molecule has 0 amide bonds. The van der Waals surface area contributed by atoms with Gasteiger partial charge in [0.2, 0.25) is 0 Å². The van der Waals surface area contributed by atoms with Crippen molar-refractivity contribution in [3.63, 3.8) is 0 Å². The van der Waals surface area contributed by atoms with E-state index in [0.717, 1.165) is 19.4 Å². The van der Waals surface area contributed by atoms with Gasteiger partial charge in [-0.25, -0.2) is 0 Å². The molecule has 3 nitrogen and oxygen atoms in total. The zero-order valence-electron chi connectivity index (χ0n) is 12.1. The van der Waals surface area contributed by atoms with Gasteiger partial charge in [0, 0.05) is 17.6 Å². The fourth-order valence-electron chi connectivity index (χ4n) is 3.61. The average Bonchev–Trinajstić information content (AvgIpc) is 2.63. The molecule has 0 spiro atoms. The molecule has 1 heterocycles. The Bertz CT molecular complexity index is 251. The van der Waals surface area contributed by atoms with E-state index >= 15 is 0 Å². The average molecular weight is 254 g/mol. The third-order valence-electron chi connectivity index (χ3n) is 5.05. The van der Waals surface area contributed by atoms with E-state index in [2.05, 4.69) is 24.2 Å². The van der Waals surface area contributed by atoms with Gasteiger partial charge in [-0.1, -0.05) is 25.7 Å². The van der Waals surface area contributed by atoms with Gasteiger partial charge >= 0.3 is 0 Å². The highest BCUT2D eigenvalue weighted by Gasteiger charge is 2.37. The second-order valence-corrected chi connectivity index (χ2v) is 6.56. The first-order valence-electron chi connectivity index (χ1n) is 7.74. The maximum Gasteiger partial charge on any atom is 0.0614 e. The normalized spacial score (nSPS) is 36.5. The van der Waals surface area contributed by atoms with Crippen LogP contribution in [-0.4, -0.2) is 47.8 Å². The van der Waals surface area contributed by atoms with Crippen molar-refractivity contribution in [2.75, 3.05) is 20.2 Å². The van der Waals surface area contributed by atoms with Crippen LogP contribution in [0.15, 0.2) is 0 Å². The second kappa shape index (κ2) is 6.36. The van der Waals surface area contributed by atoms with Gasteiger partial charge in [0.15, 0.2) is 0 Å². The quantitative estimate of drug-likeness (QED) is 0.758. The van der Waals surface area contributed by atoms with Crippen LogP contribution in [0.3, 0.4) is 0 Å². The van der Waals surface area contributed by atoms with Crippen LogP contribution in [0.4, 0.5) is 0 Å². The first-order chi connectivity index (χ1) is 8.65. The van der Waals surface area contributed by atoms with Gasteiger partial charge in [-0.15, -0.1) is 0 Å². The van der Waals surface area contributed by atoms with Crippen molar-refractivity contribution in [1.82, 2.24) is 10.2 Å². The smallest absolute Gasteiger partial charge is 0.0614 e. The van der Waals surface area contributed by atoms with Gasteiger partial charge in [0.05, 0.1) is 6.61 Å². The molecule has 1 aliphatic heterocycles. The number of aliphatic hydroxyl groups is 1. The summed E-state index contributed by atoms with van der Waals surface area (Å²) in [5.41, 5.74) is -0.0130. The summed E-state index contributed by atoms with van der Waals surface area (Å²) in [7, 11) is 2.19. The van der Waals surface area contributed by atoms with Crippen molar-refractivity contribution in [3.05, 3.63) is 0 Å². The van der Waals surface area contributed by atoms with Crippen LogP contribution < -0.4 is 5.32 Å². The van der Waals surface area contributed by atoms with Gasteiger partial charge < -0.3 is 15.3 Å². The zero-order valence-corrected chi connectivity index (χ0v) is 12.1. The summed E-state index contributed by atoms with van der Waals surface area (Å²) in [4.78, 5) is 2.41. The molecule has 1 saturated heterocycles. The van der Waals surface area contributed by atoms with E-state index in [4.69, 9.17) is 0 Å². The Hall–Kier alpha value is -0.120. The zero-order chi connectivity index (χ0) is 13.0. The molecular formula is C15H30N2O. The van der Waals surface area contributed by atoms with E-state index in [-0.39, 0.29) is 5.54 Å². The summed E-state index contributed by atoms with van der Waals surface area (Å²) in [5, 5.41) is 13.7. The Morgan fingerprint density at radius 3 is 2.44 bits per heavy atom. The number of rotatable bonds is 3. The van der Waals surface area contributed by atoms with Crippen molar-refractivity contribution in [1.29, 1.82) is 0 Å². The molecule has 0 aromatic heterocycles. The Kier molecular flexibility index (Phi) is 5.05. The van der Waals surface area contributed by atoms with Crippen molar-refractivity contribution in [3.8, 4) is 0 Å². The van der Waals surface area contributed by atoms with Crippen LogP contribution in [0.2, 0.25) is 0 Å². The molecule has 0 radical (unpaired) electrons. The largest absolute Gasteiger partial charge is 0.394 e.